The van der Waals surface area contributed by atoms with Gasteiger partial charge in [-0.25, -0.2) is 5.43 Å². The Balaban J connectivity index is 1.53. The van der Waals surface area contributed by atoms with Crippen molar-refractivity contribution in [1.29, 1.82) is 0 Å². The first-order valence-corrected chi connectivity index (χ1v) is 12.3. The quantitative estimate of drug-likeness (QED) is 0.117. The minimum Gasteiger partial charge on any atom is -0.490 e. The predicted octanol–water partition coefficient (Wildman–Crippen LogP) is 5.38. The second-order valence-electron chi connectivity index (χ2n) is 8.02. The average Bonchev–Trinajstić information content (AvgIpc) is 2.94. The smallest absolute Gasteiger partial charge is 0.269 e. The van der Waals surface area contributed by atoms with Crippen LogP contribution in [-0.4, -0.2) is 39.3 Å². The van der Waals surface area contributed by atoms with Crippen molar-refractivity contribution in [1.82, 2.24) is 15.0 Å². The number of benzene rings is 3. The van der Waals surface area contributed by atoms with E-state index in [-0.39, 0.29) is 17.6 Å². The molecule has 0 bridgehead atoms. The Labute approximate surface area is 225 Å². The molecule has 12 heteroatoms. The zero-order valence-electron chi connectivity index (χ0n) is 21.5. The van der Waals surface area contributed by atoms with Crippen molar-refractivity contribution in [2.45, 2.75) is 20.4 Å². The first kappa shape index (κ1) is 26.8. The number of hydrogen-bond donors (Lipinski definition) is 3. The van der Waals surface area contributed by atoms with Gasteiger partial charge in [0.15, 0.2) is 11.5 Å². The van der Waals surface area contributed by atoms with Crippen LogP contribution in [0.5, 0.6) is 11.5 Å². The van der Waals surface area contributed by atoms with Gasteiger partial charge in [-0.2, -0.15) is 20.1 Å². The highest BCUT2D eigenvalue weighted by atomic mass is 16.6. The van der Waals surface area contributed by atoms with Gasteiger partial charge in [0.05, 0.1) is 24.4 Å². The number of rotatable bonds is 13. The molecule has 0 spiro atoms. The lowest BCUT2D eigenvalue weighted by Gasteiger charge is -2.11. The zero-order chi connectivity index (χ0) is 27.5. The summed E-state index contributed by atoms with van der Waals surface area (Å²) in [6.45, 7) is 5.36. The number of nitro groups is 1. The molecule has 39 heavy (non-hydrogen) atoms. The number of hydrogen-bond acceptors (Lipinski definition) is 11. The fraction of sp³-hybridized carbons (Fsp3) is 0.185. The molecule has 0 unspecified atom stereocenters. The van der Waals surface area contributed by atoms with E-state index in [0.717, 1.165) is 11.1 Å². The fourth-order valence-electron chi connectivity index (χ4n) is 3.45. The van der Waals surface area contributed by atoms with E-state index in [0.29, 0.717) is 42.9 Å². The van der Waals surface area contributed by atoms with Crippen LogP contribution in [-0.2, 0) is 6.54 Å². The van der Waals surface area contributed by atoms with Crippen LogP contribution in [0.2, 0.25) is 0 Å². The maximum atomic E-state index is 11.0. The van der Waals surface area contributed by atoms with E-state index in [2.05, 4.69) is 36.1 Å². The molecule has 0 aliphatic rings. The summed E-state index contributed by atoms with van der Waals surface area (Å²) < 4.78 is 11.3. The van der Waals surface area contributed by atoms with Crippen molar-refractivity contribution >= 4 is 35.4 Å². The molecule has 0 aliphatic carbocycles. The SMILES string of the molecule is CCOc1ccc(/C=N/Nc2nc(NCc3ccccc3)nc(Nc3ccc([N+](=O)[O-])cc3)n2)cc1OCC. The second-order valence-corrected chi connectivity index (χ2v) is 8.02. The first-order chi connectivity index (χ1) is 19.0. The first-order valence-electron chi connectivity index (χ1n) is 12.3. The summed E-state index contributed by atoms with van der Waals surface area (Å²) >= 11 is 0. The van der Waals surface area contributed by atoms with Crippen LogP contribution >= 0.6 is 0 Å². The number of ether oxygens (including phenoxy) is 2. The number of non-ortho nitro benzene ring substituents is 1. The van der Waals surface area contributed by atoms with E-state index in [1.54, 1.807) is 18.3 Å². The molecule has 0 atom stereocenters. The maximum absolute atomic E-state index is 11.0. The third kappa shape index (κ3) is 7.86. The Morgan fingerprint density at radius 3 is 2.28 bits per heavy atom. The Bertz CT molecular complexity index is 1420. The largest absolute Gasteiger partial charge is 0.490 e. The monoisotopic (exact) mass is 528 g/mol. The van der Waals surface area contributed by atoms with Crippen LogP contribution < -0.4 is 25.5 Å². The van der Waals surface area contributed by atoms with Gasteiger partial charge in [0.2, 0.25) is 17.8 Å². The van der Waals surface area contributed by atoms with E-state index in [4.69, 9.17) is 9.47 Å². The van der Waals surface area contributed by atoms with Crippen molar-refractivity contribution < 1.29 is 14.4 Å². The summed E-state index contributed by atoms with van der Waals surface area (Å²) in [6, 6.07) is 21.3. The normalized spacial score (nSPS) is 10.7. The van der Waals surface area contributed by atoms with Crippen LogP contribution in [0.25, 0.3) is 0 Å². The summed E-state index contributed by atoms with van der Waals surface area (Å²) in [7, 11) is 0. The van der Waals surface area contributed by atoms with Gasteiger partial charge in [0.1, 0.15) is 0 Å². The Hall–Kier alpha value is -5.26. The highest BCUT2D eigenvalue weighted by molar-refractivity contribution is 5.81. The van der Waals surface area contributed by atoms with Crippen molar-refractivity contribution in [2.24, 2.45) is 5.10 Å². The number of nitro benzene ring substituents is 1. The van der Waals surface area contributed by atoms with Gasteiger partial charge in [0, 0.05) is 24.4 Å². The fourth-order valence-corrected chi connectivity index (χ4v) is 3.45. The zero-order valence-corrected chi connectivity index (χ0v) is 21.5. The minimum absolute atomic E-state index is 0.0140. The van der Waals surface area contributed by atoms with Gasteiger partial charge in [-0.15, -0.1) is 0 Å². The average molecular weight is 529 g/mol. The van der Waals surface area contributed by atoms with Gasteiger partial charge in [-0.05, 0) is 55.3 Å². The molecular formula is C27H28N8O4. The van der Waals surface area contributed by atoms with Gasteiger partial charge in [-0.1, -0.05) is 30.3 Å². The van der Waals surface area contributed by atoms with E-state index in [1.807, 2.05) is 62.4 Å². The third-order valence-electron chi connectivity index (χ3n) is 5.21. The third-order valence-corrected chi connectivity index (χ3v) is 5.21. The molecule has 3 aromatic carbocycles. The van der Waals surface area contributed by atoms with E-state index in [9.17, 15) is 10.1 Å². The Morgan fingerprint density at radius 2 is 1.56 bits per heavy atom. The molecule has 0 amide bonds. The number of aromatic nitrogens is 3. The molecule has 1 heterocycles. The molecular weight excluding hydrogens is 500 g/mol. The highest BCUT2D eigenvalue weighted by Gasteiger charge is 2.10. The summed E-state index contributed by atoms with van der Waals surface area (Å²) in [6.07, 6.45) is 1.61. The van der Waals surface area contributed by atoms with Crippen molar-refractivity contribution in [3.63, 3.8) is 0 Å². The van der Waals surface area contributed by atoms with E-state index in [1.165, 1.54) is 12.1 Å². The van der Waals surface area contributed by atoms with Gasteiger partial charge in [0.25, 0.3) is 5.69 Å². The van der Waals surface area contributed by atoms with Crippen LogP contribution in [0.15, 0.2) is 77.9 Å². The lowest BCUT2D eigenvalue weighted by atomic mass is 10.2. The molecule has 0 saturated carbocycles. The number of hydrazone groups is 1. The summed E-state index contributed by atoms with van der Waals surface area (Å²) in [5.41, 5.74) is 5.24. The van der Waals surface area contributed by atoms with Crippen molar-refractivity contribution in [3.8, 4) is 11.5 Å². The summed E-state index contributed by atoms with van der Waals surface area (Å²) in [4.78, 5) is 23.7. The number of nitrogens with zero attached hydrogens (tertiary/aromatic N) is 5. The number of anilines is 4. The molecule has 0 aliphatic heterocycles. The minimum atomic E-state index is -0.458. The molecule has 0 fully saturated rings. The van der Waals surface area contributed by atoms with Crippen molar-refractivity contribution in [3.05, 3.63) is 94.0 Å². The van der Waals surface area contributed by atoms with Crippen molar-refractivity contribution in [2.75, 3.05) is 29.3 Å². The van der Waals surface area contributed by atoms with Crippen LogP contribution in [0.4, 0.5) is 29.2 Å². The lowest BCUT2D eigenvalue weighted by molar-refractivity contribution is -0.384. The van der Waals surface area contributed by atoms with E-state index >= 15 is 0 Å². The van der Waals surface area contributed by atoms with Gasteiger partial charge >= 0.3 is 0 Å². The van der Waals surface area contributed by atoms with Gasteiger partial charge in [-0.3, -0.25) is 10.1 Å². The molecule has 12 nitrogen and oxygen atoms in total. The predicted molar refractivity (Wildman–Crippen MR) is 150 cm³/mol. The molecule has 4 rings (SSSR count). The lowest BCUT2D eigenvalue weighted by Crippen LogP contribution is -2.09. The van der Waals surface area contributed by atoms with Gasteiger partial charge < -0.3 is 20.1 Å². The highest BCUT2D eigenvalue weighted by Crippen LogP contribution is 2.28. The summed E-state index contributed by atoms with van der Waals surface area (Å²) in [5.74, 6) is 2.03. The van der Waals surface area contributed by atoms with Crippen LogP contribution in [0.3, 0.4) is 0 Å². The summed E-state index contributed by atoms with van der Waals surface area (Å²) in [5, 5.41) is 21.5. The molecule has 0 radical (unpaired) electrons. The Morgan fingerprint density at radius 1 is 0.872 bits per heavy atom. The van der Waals surface area contributed by atoms with E-state index < -0.39 is 4.92 Å². The standard InChI is InChI=1S/C27H28N8O4/c1-3-38-23-15-10-20(16-24(23)39-4-2)18-29-34-27-32-25(28-17-19-8-6-5-7-9-19)31-26(33-27)30-21-11-13-22(14-12-21)35(36)37/h5-16,18H,3-4,17H2,1-2H3,(H3,28,30,31,32,33,34)/b29-18+. The topological polar surface area (TPSA) is 149 Å². The maximum Gasteiger partial charge on any atom is 0.269 e. The second kappa shape index (κ2) is 13.3. The molecule has 0 saturated heterocycles. The number of nitrogens with one attached hydrogen (secondary N) is 3. The molecule has 4 aromatic rings. The van der Waals surface area contributed by atoms with Crippen LogP contribution in [0.1, 0.15) is 25.0 Å². The molecule has 3 N–H and O–H groups in total. The molecule has 1 aromatic heterocycles. The Kier molecular flexibility index (Phi) is 9.16. The van der Waals surface area contributed by atoms with Crippen LogP contribution in [0, 0.1) is 10.1 Å². The molecule has 200 valence electrons.